The van der Waals surface area contributed by atoms with E-state index in [0.29, 0.717) is 0 Å². The van der Waals surface area contributed by atoms with E-state index in [-0.39, 0.29) is 0 Å². The lowest BCUT2D eigenvalue weighted by Gasteiger charge is -2.03. The standard InChI is InChI=1S/C22H44.C15H30/c1-3-5-7-9-11-13-15-17-19-21-22-20-18-16-14-12-10-8-6-4-2;1-3-5-7-9-11-13-15-14-12-10-8-6-4-2/h7,9H,3-6,8,10-22H2,1-2H3;7,9H,3-6,8,10-15H2,1-2H3/b2*9-7+. The number of allylic oxidation sites excluding steroid dienone is 4. The van der Waals surface area contributed by atoms with E-state index >= 15 is 0 Å². The number of rotatable bonds is 29. The molecule has 0 heterocycles. The minimum atomic E-state index is 1.26. The molecule has 0 nitrogen and oxygen atoms in total. The van der Waals surface area contributed by atoms with Gasteiger partial charge in [0.2, 0.25) is 0 Å². The molecule has 0 heteroatoms. The summed E-state index contributed by atoms with van der Waals surface area (Å²) in [5, 5.41) is 0. The molecule has 0 spiro atoms. The Morgan fingerprint density at radius 1 is 0.216 bits per heavy atom. The van der Waals surface area contributed by atoms with Crippen molar-refractivity contribution in [3.63, 3.8) is 0 Å². The molecule has 0 aromatic heterocycles. The van der Waals surface area contributed by atoms with Gasteiger partial charge >= 0.3 is 0 Å². The van der Waals surface area contributed by atoms with Crippen molar-refractivity contribution in [1.29, 1.82) is 0 Å². The Kier molecular flexibility index (Phi) is 41.7. The van der Waals surface area contributed by atoms with Crippen molar-refractivity contribution in [3.8, 4) is 0 Å². The normalized spacial score (nSPS) is 11.5. The van der Waals surface area contributed by atoms with E-state index in [9.17, 15) is 0 Å². The SMILES string of the molecule is CCC/C=C/CCCCCCCCCC.CCC/C=C/CCCCCCCCCCCCCCCCC. The summed E-state index contributed by atoms with van der Waals surface area (Å²) < 4.78 is 0. The van der Waals surface area contributed by atoms with Crippen LogP contribution in [-0.4, -0.2) is 0 Å². The maximum absolute atomic E-state index is 2.38. The fourth-order valence-electron chi connectivity index (χ4n) is 4.83. The molecule has 0 saturated heterocycles. The van der Waals surface area contributed by atoms with Gasteiger partial charge in [0.25, 0.3) is 0 Å². The summed E-state index contributed by atoms with van der Waals surface area (Å²) in [7, 11) is 0. The largest absolute Gasteiger partial charge is 0.0885 e. The van der Waals surface area contributed by atoms with Crippen LogP contribution < -0.4 is 0 Å². The zero-order valence-corrected chi connectivity index (χ0v) is 26.8. The van der Waals surface area contributed by atoms with Crippen molar-refractivity contribution in [3.05, 3.63) is 24.3 Å². The highest BCUT2D eigenvalue weighted by Gasteiger charge is 1.94. The van der Waals surface area contributed by atoms with Crippen LogP contribution in [-0.2, 0) is 0 Å². The van der Waals surface area contributed by atoms with Gasteiger partial charge in [-0.3, -0.25) is 0 Å². The minimum absolute atomic E-state index is 1.26. The smallest absolute Gasteiger partial charge is 0.0351 e. The Morgan fingerprint density at radius 3 is 0.676 bits per heavy atom. The van der Waals surface area contributed by atoms with Crippen LogP contribution in [0.4, 0.5) is 0 Å². The van der Waals surface area contributed by atoms with Gasteiger partial charge in [0, 0.05) is 0 Å². The third-order valence-electron chi connectivity index (χ3n) is 7.44. The van der Waals surface area contributed by atoms with Crippen molar-refractivity contribution in [2.45, 2.75) is 214 Å². The fraction of sp³-hybridized carbons (Fsp3) is 0.892. The molecule has 0 fully saturated rings. The van der Waals surface area contributed by atoms with E-state index in [1.54, 1.807) is 0 Å². The van der Waals surface area contributed by atoms with Gasteiger partial charge in [-0.05, 0) is 38.5 Å². The summed E-state index contributed by atoms with van der Waals surface area (Å²) in [6.45, 7) is 9.06. The maximum atomic E-state index is 2.38. The van der Waals surface area contributed by atoms with Crippen LogP contribution in [0.15, 0.2) is 24.3 Å². The maximum Gasteiger partial charge on any atom is -0.0351 e. The Morgan fingerprint density at radius 2 is 0.432 bits per heavy atom. The molecular formula is C37H74. The highest BCUT2D eigenvalue weighted by Crippen LogP contribution is 2.14. The molecular weight excluding hydrogens is 444 g/mol. The zero-order valence-electron chi connectivity index (χ0n) is 26.8. The van der Waals surface area contributed by atoms with Gasteiger partial charge in [-0.25, -0.2) is 0 Å². The van der Waals surface area contributed by atoms with Gasteiger partial charge in [-0.15, -0.1) is 0 Å². The van der Waals surface area contributed by atoms with Crippen molar-refractivity contribution >= 4 is 0 Å². The molecule has 0 aliphatic rings. The average Bonchev–Trinajstić information content (AvgIpc) is 2.91. The molecule has 0 aliphatic heterocycles. The second-order valence-corrected chi connectivity index (χ2v) is 11.5. The van der Waals surface area contributed by atoms with Gasteiger partial charge in [0.05, 0.1) is 0 Å². The minimum Gasteiger partial charge on any atom is -0.0885 e. The fourth-order valence-corrected chi connectivity index (χ4v) is 4.83. The summed E-state index contributed by atoms with van der Waals surface area (Å²) >= 11 is 0. The van der Waals surface area contributed by atoms with Gasteiger partial charge < -0.3 is 0 Å². The summed E-state index contributed by atoms with van der Waals surface area (Å²) in [5.41, 5.74) is 0. The van der Waals surface area contributed by atoms with Gasteiger partial charge in [0.1, 0.15) is 0 Å². The first kappa shape index (κ1) is 38.6. The predicted octanol–water partition coefficient (Wildman–Crippen LogP) is 14.5. The molecule has 0 atom stereocenters. The lowest BCUT2D eigenvalue weighted by molar-refractivity contribution is 0.533. The number of hydrogen-bond donors (Lipinski definition) is 0. The Hall–Kier alpha value is -0.520. The summed E-state index contributed by atoms with van der Waals surface area (Å²) in [6.07, 6.45) is 50.4. The van der Waals surface area contributed by atoms with Gasteiger partial charge in [0.15, 0.2) is 0 Å². The first-order chi connectivity index (χ1) is 18.3. The van der Waals surface area contributed by atoms with Crippen molar-refractivity contribution in [1.82, 2.24) is 0 Å². The summed E-state index contributed by atoms with van der Waals surface area (Å²) in [4.78, 5) is 0. The van der Waals surface area contributed by atoms with E-state index in [0.717, 1.165) is 0 Å². The Balaban J connectivity index is 0. The van der Waals surface area contributed by atoms with Crippen molar-refractivity contribution in [2.75, 3.05) is 0 Å². The molecule has 0 rings (SSSR count). The van der Waals surface area contributed by atoms with E-state index in [4.69, 9.17) is 0 Å². The lowest BCUT2D eigenvalue weighted by atomic mass is 10.0. The van der Waals surface area contributed by atoms with E-state index in [2.05, 4.69) is 52.0 Å². The van der Waals surface area contributed by atoms with Crippen LogP contribution in [0, 0.1) is 0 Å². The first-order valence-corrected chi connectivity index (χ1v) is 17.6. The van der Waals surface area contributed by atoms with Crippen LogP contribution in [0.1, 0.15) is 214 Å². The molecule has 0 aromatic carbocycles. The highest BCUT2D eigenvalue weighted by atomic mass is 14.0. The van der Waals surface area contributed by atoms with Gasteiger partial charge in [-0.1, -0.05) is 200 Å². The van der Waals surface area contributed by atoms with Crippen LogP contribution in [0.2, 0.25) is 0 Å². The highest BCUT2D eigenvalue weighted by molar-refractivity contribution is 4.81. The molecule has 0 aromatic rings. The second kappa shape index (κ2) is 40.0. The molecule has 0 unspecified atom stereocenters. The summed E-state index contributed by atoms with van der Waals surface area (Å²) in [6, 6.07) is 0. The molecule has 37 heavy (non-hydrogen) atoms. The van der Waals surface area contributed by atoms with Crippen molar-refractivity contribution < 1.29 is 0 Å². The van der Waals surface area contributed by atoms with Crippen LogP contribution >= 0.6 is 0 Å². The summed E-state index contributed by atoms with van der Waals surface area (Å²) in [5.74, 6) is 0. The van der Waals surface area contributed by atoms with Crippen LogP contribution in [0.3, 0.4) is 0 Å². The third-order valence-corrected chi connectivity index (χ3v) is 7.44. The average molecular weight is 519 g/mol. The number of unbranched alkanes of at least 4 members (excludes halogenated alkanes) is 25. The lowest BCUT2D eigenvalue weighted by Crippen LogP contribution is -1.83. The molecule has 0 saturated carbocycles. The van der Waals surface area contributed by atoms with E-state index in [1.165, 1.54) is 186 Å². The first-order valence-electron chi connectivity index (χ1n) is 17.6. The monoisotopic (exact) mass is 519 g/mol. The van der Waals surface area contributed by atoms with Crippen LogP contribution in [0.25, 0.3) is 0 Å². The Labute approximate surface area is 238 Å². The van der Waals surface area contributed by atoms with Gasteiger partial charge in [-0.2, -0.15) is 0 Å². The van der Waals surface area contributed by atoms with Crippen molar-refractivity contribution in [2.24, 2.45) is 0 Å². The zero-order chi connectivity index (χ0) is 27.3. The molecule has 0 N–H and O–H groups in total. The second-order valence-electron chi connectivity index (χ2n) is 11.5. The predicted molar refractivity (Wildman–Crippen MR) is 175 cm³/mol. The molecule has 222 valence electrons. The topological polar surface area (TPSA) is 0 Å². The Bertz CT molecular complexity index is 404. The van der Waals surface area contributed by atoms with E-state index in [1.807, 2.05) is 0 Å². The quantitative estimate of drug-likeness (QED) is 0.0682. The molecule has 0 radical (unpaired) electrons. The molecule has 0 aliphatic carbocycles. The third kappa shape index (κ3) is 42.8. The molecule has 0 amide bonds. The number of hydrogen-bond acceptors (Lipinski definition) is 0. The molecule has 0 bridgehead atoms. The van der Waals surface area contributed by atoms with Crippen LogP contribution in [0.5, 0.6) is 0 Å². The van der Waals surface area contributed by atoms with E-state index < -0.39 is 0 Å².